The molecule has 1 saturated carbocycles. The third-order valence-corrected chi connectivity index (χ3v) is 4.35. The van der Waals surface area contributed by atoms with Crippen LogP contribution in [-0.4, -0.2) is 24.0 Å². The van der Waals surface area contributed by atoms with E-state index in [9.17, 15) is 4.79 Å². The summed E-state index contributed by atoms with van der Waals surface area (Å²) >= 11 is 4.86. The van der Waals surface area contributed by atoms with Crippen molar-refractivity contribution in [1.82, 2.24) is 5.32 Å². The Bertz CT molecular complexity index is 553. The van der Waals surface area contributed by atoms with Crippen LogP contribution >= 0.6 is 12.2 Å². The van der Waals surface area contributed by atoms with E-state index in [1.807, 2.05) is 13.0 Å². The molecule has 1 rings (SSSR count). The van der Waals surface area contributed by atoms with Gasteiger partial charge in [0.05, 0.1) is 11.6 Å². The van der Waals surface area contributed by atoms with Gasteiger partial charge in [0.15, 0.2) is 0 Å². The second-order valence-electron chi connectivity index (χ2n) is 6.49. The molecule has 0 aromatic rings. The van der Waals surface area contributed by atoms with Crippen molar-refractivity contribution >= 4 is 23.1 Å². The predicted molar refractivity (Wildman–Crippen MR) is 112 cm³/mol. The molecule has 149 valence electrons. The third kappa shape index (κ3) is 12.5. The summed E-state index contributed by atoms with van der Waals surface area (Å²) < 4.78 is 0. The Kier molecular flexibility index (Phi) is 16.1. The number of hydroxylamine groups is 1. The standard InChI is InChI=1S/C20H33N3O2S.Y/c1-3-5-6-7-8-12-22-20(24)18(14-19(21)26)23-25-15-16(4-2)13-17-10-9-11-17;/h4,13-14H,3,5-12,15H2,1-2H3,(H4,21,22,23,24,26);/p-1/b16-4+;. The molecule has 0 bridgehead atoms. The molecule has 27 heavy (non-hydrogen) atoms. The zero-order valence-electron chi connectivity index (χ0n) is 16.6. The van der Waals surface area contributed by atoms with Gasteiger partial charge in [-0.1, -0.05) is 68.2 Å². The molecule has 0 aromatic carbocycles. The van der Waals surface area contributed by atoms with Crippen molar-refractivity contribution in [2.45, 2.75) is 65.2 Å². The molecule has 0 aromatic heterocycles. The monoisotopic (exact) mass is 467 g/mol. The Morgan fingerprint density at radius 2 is 2.00 bits per heavy atom. The van der Waals surface area contributed by atoms with Crippen molar-refractivity contribution in [3.8, 4) is 0 Å². The van der Waals surface area contributed by atoms with E-state index in [1.54, 1.807) is 0 Å². The van der Waals surface area contributed by atoms with Gasteiger partial charge < -0.3 is 21.4 Å². The van der Waals surface area contributed by atoms with Gasteiger partial charge in [-0.3, -0.25) is 4.79 Å². The van der Waals surface area contributed by atoms with E-state index in [0.717, 1.165) is 31.3 Å². The number of hydrogen-bond donors (Lipinski definition) is 2. The van der Waals surface area contributed by atoms with Gasteiger partial charge in [0, 0.05) is 39.3 Å². The summed E-state index contributed by atoms with van der Waals surface area (Å²) in [5.41, 5.74) is 12.1. The van der Waals surface area contributed by atoms with E-state index in [1.165, 1.54) is 37.3 Å². The zero-order valence-corrected chi connectivity index (χ0v) is 20.3. The van der Waals surface area contributed by atoms with E-state index in [0.29, 0.717) is 13.2 Å². The summed E-state index contributed by atoms with van der Waals surface area (Å²) in [5.74, 6) is -0.312. The van der Waals surface area contributed by atoms with Crippen LogP contribution in [0.4, 0.5) is 0 Å². The summed E-state index contributed by atoms with van der Waals surface area (Å²) in [6.07, 6.45) is 14.7. The molecular formula is C20H32N3O2SY-. The Balaban J connectivity index is 0.00000676. The Morgan fingerprint density at radius 1 is 1.30 bits per heavy atom. The summed E-state index contributed by atoms with van der Waals surface area (Å²) in [6.45, 7) is 5.07. The van der Waals surface area contributed by atoms with E-state index >= 15 is 0 Å². The van der Waals surface area contributed by atoms with E-state index in [2.05, 4.69) is 23.8 Å². The summed E-state index contributed by atoms with van der Waals surface area (Å²) in [6, 6.07) is 0. The number of nitrogens with two attached hydrogens (primary N) is 1. The number of carbonyl (C=O) groups is 1. The molecule has 0 aliphatic heterocycles. The van der Waals surface area contributed by atoms with E-state index in [-0.39, 0.29) is 49.3 Å². The van der Waals surface area contributed by atoms with Crippen LogP contribution in [0.3, 0.4) is 0 Å². The average Bonchev–Trinajstić information content (AvgIpc) is 2.57. The molecule has 0 unspecified atom stereocenters. The second kappa shape index (κ2) is 16.4. The van der Waals surface area contributed by atoms with Crippen molar-refractivity contribution in [3.63, 3.8) is 0 Å². The van der Waals surface area contributed by atoms with Gasteiger partial charge in [-0.2, -0.15) is 0 Å². The molecule has 5 nitrogen and oxygen atoms in total. The Labute approximate surface area is 194 Å². The van der Waals surface area contributed by atoms with E-state index < -0.39 is 0 Å². The fourth-order valence-electron chi connectivity index (χ4n) is 2.46. The van der Waals surface area contributed by atoms with Crippen LogP contribution < -0.4 is 11.1 Å². The molecular weight excluding hydrogens is 435 g/mol. The Hall–Kier alpha value is -0.556. The van der Waals surface area contributed by atoms with Crippen molar-refractivity contribution in [3.05, 3.63) is 40.6 Å². The van der Waals surface area contributed by atoms with Gasteiger partial charge in [-0.25, -0.2) is 0 Å². The maximum absolute atomic E-state index is 12.3. The quantitative estimate of drug-likeness (QED) is 0.180. The first-order chi connectivity index (χ1) is 12.6. The summed E-state index contributed by atoms with van der Waals surface area (Å²) in [5, 5.41) is 2.84. The molecule has 0 heterocycles. The first-order valence-corrected chi connectivity index (χ1v) is 9.94. The molecule has 1 aliphatic carbocycles. The molecule has 3 N–H and O–H groups in total. The van der Waals surface area contributed by atoms with Crippen LogP contribution in [0.5, 0.6) is 0 Å². The largest absolute Gasteiger partial charge is 0.557 e. The number of rotatable bonds is 13. The summed E-state index contributed by atoms with van der Waals surface area (Å²) in [4.78, 5) is 17.7. The second-order valence-corrected chi connectivity index (χ2v) is 6.96. The van der Waals surface area contributed by atoms with Gasteiger partial charge in [-0.05, 0) is 44.3 Å². The molecule has 1 fully saturated rings. The zero-order chi connectivity index (χ0) is 19.2. The molecule has 1 aliphatic rings. The number of thiocarbonyl (C=S) groups is 1. The fourth-order valence-corrected chi connectivity index (χ4v) is 2.57. The first kappa shape index (κ1) is 26.4. The van der Waals surface area contributed by atoms with Gasteiger partial charge in [0.1, 0.15) is 0 Å². The number of nitrogens with one attached hydrogen (secondary N) is 1. The first-order valence-electron chi connectivity index (χ1n) is 9.53. The molecule has 1 radical (unpaired) electrons. The van der Waals surface area contributed by atoms with Crippen LogP contribution in [0.2, 0.25) is 0 Å². The van der Waals surface area contributed by atoms with Gasteiger partial charge in [-0.15, -0.1) is 0 Å². The third-order valence-electron chi connectivity index (χ3n) is 4.23. The normalized spacial score (nSPS) is 14.1. The SMILES string of the molecule is C/C=C(\C=C1CCC1)CO[N-]/C(=C/C(N)=S)C(=O)NCCCCCCC.[Y]. The average molecular weight is 467 g/mol. The number of hydrogen-bond acceptors (Lipinski definition) is 3. The molecule has 0 spiro atoms. The smallest absolute Gasteiger partial charge is 0.230 e. The number of allylic oxidation sites excluding steroid dienone is 2. The molecule has 0 saturated heterocycles. The molecule has 1 amide bonds. The molecule has 7 heteroatoms. The maximum Gasteiger partial charge on any atom is 0.230 e. The number of nitrogens with zero attached hydrogens (tertiary/aromatic N) is 1. The van der Waals surface area contributed by atoms with Crippen molar-refractivity contribution in [1.29, 1.82) is 0 Å². The minimum absolute atomic E-state index is 0. The topological polar surface area (TPSA) is 78.5 Å². The van der Waals surface area contributed by atoms with Crippen LogP contribution in [0.25, 0.3) is 5.48 Å². The number of amides is 1. The van der Waals surface area contributed by atoms with Crippen LogP contribution in [0.15, 0.2) is 35.1 Å². The van der Waals surface area contributed by atoms with E-state index in [4.69, 9.17) is 22.8 Å². The maximum atomic E-state index is 12.3. The summed E-state index contributed by atoms with van der Waals surface area (Å²) in [7, 11) is 0. The Morgan fingerprint density at radius 3 is 2.56 bits per heavy atom. The van der Waals surface area contributed by atoms with Crippen LogP contribution in [-0.2, 0) is 42.3 Å². The number of unbranched alkanes of at least 4 members (excludes halogenated alkanes) is 4. The minimum atomic E-state index is -0.312. The van der Waals surface area contributed by atoms with Crippen molar-refractivity contribution in [2.75, 3.05) is 13.2 Å². The van der Waals surface area contributed by atoms with Gasteiger partial charge >= 0.3 is 0 Å². The van der Waals surface area contributed by atoms with Gasteiger partial charge in [0.2, 0.25) is 5.91 Å². The number of carbonyl (C=O) groups excluding carboxylic acids is 1. The predicted octanol–water partition coefficient (Wildman–Crippen LogP) is 4.60. The van der Waals surface area contributed by atoms with Crippen molar-refractivity contribution < 1.29 is 42.3 Å². The fraction of sp³-hybridized carbons (Fsp3) is 0.600. The van der Waals surface area contributed by atoms with Crippen LogP contribution in [0.1, 0.15) is 65.2 Å². The molecule has 0 atom stereocenters. The van der Waals surface area contributed by atoms with Gasteiger partial charge in [0.25, 0.3) is 0 Å². The minimum Gasteiger partial charge on any atom is -0.557 e. The van der Waals surface area contributed by atoms with Crippen LogP contribution in [0, 0.1) is 0 Å². The van der Waals surface area contributed by atoms with Crippen molar-refractivity contribution in [2.24, 2.45) is 5.73 Å².